The fourth-order valence-corrected chi connectivity index (χ4v) is 6.86. The van der Waals surface area contributed by atoms with E-state index in [9.17, 15) is 22.8 Å². The van der Waals surface area contributed by atoms with Crippen molar-refractivity contribution in [2.45, 2.75) is 55.8 Å². The predicted molar refractivity (Wildman–Crippen MR) is 156 cm³/mol. The minimum absolute atomic E-state index is 0.0390. The molecule has 4 rings (SSSR count). The number of hydrogen-bond donors (Lipinski definition) is 2. The van der Waals surface area contributed by atoms with Crippen LogP contribution in [0.15, 0.2) is 41.3 Å². The SMILES string of the molecule is COc1ccc2nc(NC(=O)[C@H](CC3CCCC3)c3ccc(S(=O)(=O)N(C)CCOC(=O)CCC(=O)O)cc3)sc2n1. The van der Waals surface area contributed by atoms with Gasteiger partial charge in [0.25, 0.3) is 0 Å². The van der Waals surface area contributed by atoms with Gasteiger partial charge in [0.2, 0.25) is 21.8 Å². The molecular weight excluding hydrogens is 584 g/mol. The lowest BCUT2D eigenvalue weighted by Crippen LogP contribution is -2.31. The molecule has 1 amide bonds. The van der Waals surface area contributed by atoms with Gasteiger partial charge in [-0.1, -0.05) is 49.2 Å². The van der Waals surface area contributed by atoms with E-state index in [-0.39, 0.29) is 36.8 Å². The first-order valence-corrected chi connectivity index (χ1v) is 15.9. The standard InChI is InChI=1S/C28H34N4O8S2/c1-32(15-16-40-25(35)14-13-24(33)34)42(37,38)20-9-7-19(8-10-20)21(17-18-5-3-4-6-18)26(36)31-28-29-22-11-12-23(39-2)30-27(22)41-28/h7-12,18,21H,3-6,13-17H2,1-2H3,(H,33,34)(H,29,31,36)/t21-/m1/s1. The average Bonchev–Trinajstić information content (AvgIpc) is 3.63. The van der Waals surface area contributed by atoms with Crippen molar-refractivity contribution in [3.05, 3.63) is 42.0 Å². The highest BCUT2D eigenvalue weighted by Gasteiger charge is 2.29. The number of carboxylic acids is 1. The maximum atomic E-state index is 13.6. The molecule has 1 aliphatic carbocycles. The smallest absolute Gasteiger partial charge is 0.306 e. The van der Waals surface area contributed by atoms with Crippen molar-refractivity contribution in [2.24, 2.45) is 5.92 Å². The van der Waals surface area contributed by atoms with Gasteiger partial charge in [0.1, 0.15) is 17.0 Å². The van der Waals surface area contributed by atoms with Crippen LogP contribution in [0, 0.1) is 5.92 Å². The molecule has 1 aromatic carbocycles. The molecule has 226 valence electrons. The average molecular weight is 619 g/mol. The Kier molecular flexibility index (Phi) is 10.5. The van der Waals surface area contributed by atoms with Crippen LogP contribution in [-0.2, 0) is 29.1 Å². The van der Waals surface area contributed by atoms with E-state index in [1.165, 1.54) is 37.6 Å². The Bertz CT molecular complexity index is 1520. The van der Waals surface area contributed by atoms with Crippen molar-refractivity contribution in [1.82, 2.24) is 14.3 Å². The number of anilines is 1. The number of rotatable bonds is 14. The molecule has 12 nitrogen and oxygen atoms in total. The Morgan fingerprint density at radius 3 is 2.48 bits per heavy atom. The second kappa shape index (κ2) is 14.0. The minimum atomic E-state index is -3.90. The summed E-state index contributed by atoms with van der Waals surface area (Å²) in [7, 11) is -0.995. The van der Waals surface area contributed by atoms with E-state index in [4.69, 9.17) is 14.6 Å². The molecule has 42 heavy (non-hydrogen) atoms. The summed E-state index contributed by atoms with van der Waals surface area (Å²) in [5.74, 6) is -1.68. The molecule has 1 atom stereocenters. The largest absolute Gasteiger partial charge is 0.481 e. The summed E-state index contributed by atoms with van der Waals surface area (Å²) in [6.45, 7) is -0.303. The number of nitrogens with zero attached hydrogens (tertiary/aromatic N) is 3. The summed E-state index contributed by atoms with van der Waals surface area (Å²) in [5.41, 5.74) is 1.35. The highest BCUT2D eigenvalue weighted by molar-refractivity contribution is 7.89. The maximum Gasteiger partial charge on any atom is 0.306 e. The van der Waals surface area contributed by atoms with Crippen molar-refractivity contribution in [2.75, 3.05) is 32.6 Å². The lowest BCUT2D eigenvalue weighted by Gasteiger charge is -2.21. The fraction of sp³-hybridized carbons (Fsp3) is 0.464. The van der Waals surface area contributed by atoms with Crippen LogP contribution in [0.1, 0.15) is 56.4 Å². The molecule has 2 heterocycles. The van der Waals surface area contributed by atoms with Gasteiger partial charge in [-0.15, -0.1) is 0 Å². The van der Waals surface area contributed by atoms with Crippen molar-refractivity contribution in [1.29, 1.82) is 0 Å². The topological polar surface area (TPSA) is 165 Å². The Balaban J connectivity index is 1.45. The van der Waals surface area contributed by atoms with Gasteiger partial charge >= 0.3 is 11.9 Å². The zero-order valence-electron chi connectivity index (χ0n) is 23.4. The number of sulfonamides is 1. The molecular formula is C28H34N4O8S2. The van der Waals surface area contributed by atoms with E-state index in [2.05, 4.69) is 15.3 Å². The summed E-state index contributed by atoms with van der Waals surface area (Å²) in [4.78, 5) is 45.3. The first kappa shape index (κ1) is 31.3. The molecule has 3 aromatic rings. The van der Waals surface area contributed by atoms with Crippen molar-refractivity contribution < 1.29 is 37.4 Å². The number of pyridine rings is 1. The number of aliphatic carboxylic acids is 1. The predicted octanol–water partition coefficient (Wildman–Crippen LogP) is 4.03. The Morgan fingerprint density at radius 1 is 1.10 bits per heavy atom. The van der Waals surface area contributed by atoms with Crippen molar-refractivity contribution >= 4 is 54.7 Å². The summed E-state index contributed by atoms with van der Waals surface area (Å²) in [6.07, 6.45) is 4.35. The highest BCUT2D eigenvalue weighted by atomic mass is 32.2. The van der Waals surface area contributed by atoms with Crippen molar-refractivity contribution in [3.63, 3.8) is 0 Å². The van der Waals surface area contributed by atoms with E-state index in [1.54, 1.807) is 24.3 Å². The zero-order chi connectivity index (χ0) is 30.3. The number of methoxy groups -OCH3 is 1. The number of amides is 1. The van der Waals surface area contributed by atoms with Crippen LogP contribution in [0.2, 0.25) is 0 Å². The summed E-state index contributed by atoms with van der Waals surface area (Å²) >= 11 is 1.26. The van der Waals surface area contributed by atoms with E-state index in [0.29, 0.717) is 39.3 Å². The van der Waals surface area contributed by atoms with Gasteiger partial charge in [-0.3, -0.25) is 14.4 Å². The Labute approximate surface area is 248 Å². The second-order valence-electron chi connectivity index (χ2n) is 10.1. The lowest BCUT2D eigenvalue weighted by atomic mass is 9.87. The first-order valence-electron chi connectivity index (χ1n) is 13.6. The van der Waals surface area contributed by atoms with Crippen LogP contribution in [-0.4, -0.2) is 73.0 Å². The van der Waals surface area contributed by atoms with Crippen molar-refractivity contribution in [3.8, 4) is 5.88 Å². The molecule has 0 spiro atoms. The molecule has 1 aliphatic rings. The molecule has 1 fully saturated rings. The number of benzene rings is 1. The highest BCUT2D eigenvalue weighted by Crippen LogP contribution is 2.36. The molecule has 14 heteroatoms. The van der Waals surface area contributed by atoms with Gasteiger partial charge in [0.15, 0.2) is 5.13 Å². The molecule has 0 saturated heterocycles. The maximum absolute atomic E-state index is 13.6. The molecule has 0 aliphatic heterocycles. The Hall–Kier alpha value is -3.62. The number of carbonyl (C=O) groups is 3. The molecule has 1 saturated carbocycles. The van der Waals surface area contributed by atoms with Crippen LogP contribution in [0.3, 0.4) is 0 Å². The monoisotopic (exact) mass is 618 g/mol. The van der Waals surface area contributed by atoms with E-state index in [0.717, 1.165) is 30.0 Å². The van der Waals surface area contributed by atoms with E-state index in [1.807, 2.05) is 0 Å². The van der Waals surface area contributed by atoms with E-state index >= 15 is 0 Å². The number of nitrogens with one attached hydrogen (secondary N) is 1. The third-order valence-electron chi connectivity index (χ3n) is 7.23. The molecule has 2 aromatic heterocycles. The van der Waals surface area contributed by atoms with Crippen LogP contribution >= 0.6 is 11.3 Å². The van der Waals surface area contributed by atoms with Gasteiger partial charge in [0, 0.05) is 19.7 Å². The summed E-state index contributed by atoms with van der Waals surface area (Å²) in [5, 5.41) is 12.0. The quantitative estimate of drug-likeness (QED) is 0.252. The Morgan fingerprint density at radius 2 is 1.81 bits per heavy atom. The number of thiazole rings is 1. The van der Waals surface area contributed by atoms with Gasteiger partial charge in [-0.2, -0.15) is 4.31 Å². The molecule has 0 unspecified atom stereocenters. The number of fused-ring (bicyclic) bond motifs is 1. The number of aromatic nitrogens is 2. The normalized spacial score (nSPS) is 14.6. The molecule has 0 bridgehead atoms. The first-order chi connectivity index (χ1) is 20.1. The van der Waals surface area contributed by atoms with Gasteiger partial charge < -0.3 is 19.9 Å². The van der Waals surface area contributed by atoms with Crippen LogP contribution in [0.25, 0.3) is 10.3 Å². The third kappa shape index (κ3) is 8.01. The molecule has 0 radical (unpaired) electrons. The fourth-order valence-electron chi connectivity index (χ4n) is 4.88. The summed E-state index contributed by atoms with van der Waals surface area (Å²) in [6, 6.07) is 9.76. The number of esters is 1. The number of carboxylic acid groups (broad SMARTS) is 1. The van der Waals surface area contributed by atoms with Gasteiger partial charge in [0.05, 0.1) is 30.8 Å². The van der Waals surface area contributed by atoms with Crippen LogP contribution in [0.5, 0.6) is 5.88 Å². The third-order valence-corrected chi connectivity index (χ3v) is 9.98. The number of hydrogen-bond acceptors (Lipinski definition) is 10. The van der Waals surface area contributed by atoms with Gasteiger partial charge in [-0.05, 0) is 36.1 Å². The van der Waals surface area contributed by atoms with Gasteiger partial charge in [-0.25, -0.2) is 18.4 Å². The zero-order valence-corrected chi connectivity index (χ0v) is 25.1. The minimum Gasteiger partial charge on any atom is -0.481 e. The molecule has 2 N–H and O–H groups in total. The van der Waals surface area contributed by atoms with Crippen LogP contribution in [0.4, 0.5) is 5.13 Å². The van der Waals surface area contributed by atoms with Crippen LogP contribution < -0.4 is 10.1 Å². The number of ether oxygens (including phenoxy) is 2. The summed E-state index contributed by atoms with van der Waals surface area (Å²) < 4.78 is 37.4. The second-order valence-corrected chi connectivity index (χ2v) is 13.2. The van der Waals surface area contributed by atoms with E-state index < -0.39 is 27.9 Å². The number of likely N-dealkylation sites (N-methyl/N-ethyl adjacent to an activating group) is 1. The lowest BCUT2D eigenvalue weighted by molar-refractivity contribution is -0.147. The number of carbonyl (C=O) groups excluding carboxylic acids is 2.